The number of hydrogen-bond acceptors (Lipinski definition) is 5. The fraction of sp³-hybridized carbons (Fsp3) is 0.517. The molecule has 0 heterocycles. The monoisotopic (exact) mass is 581 g/mol. The Hall–Kier alpha value is -2.89. The van der Waals surface area contributed by atoms with E-state index in [-0.39, 0.29) is 30.7 Å². The minimum atomic E-state index is -1.32. The topological polar surface area (TPSA) is 119 Å². The highest BCUT2D eigenvalue weighted by Gasteiger charge is 2.38. The summed E-state index contributed by atoms with van der Waals surface area (Å²) in [5, 5.41) is 26.9. The van der Waals surface area contributed by atoms with Gasteiger partial charge in [-0.05, 0) is 68.9 Å². The van der Waals surface area contributed by atoms with Crippen molar-refractivity contribution in [3.8, 4) is 0 Å². The standard InChI is InChI=1S/C29H41F2N3O5S/c1-6-19-8-7-9-20(12-19)17-32-18-26(35)24(15-21-13-22(30)16-23(31)14-21)33-27(36)25(10-11-40(5)39)34(28(37)38)29(2,3)4/h7-9,12-14,16,24-26,32,35H,6,10-11,15,17-18H2,1-5H3,(H,33,36)(H,37,38)/t24-,25+,26+,40?/m0/s1. The van der Waals surface area contributed by atoms with Crippen molar-refractivity contribution in [3.05, 3.63) is 70.8 Å². The van der Waals surface area contributed by atoms with E-state index in [9.17, 15) is 32.8 Å². The number of carbonyl (C=O) groups is 2. The van der Waals surface area contributed by atoms with E-state index in [0.29, 0.717) is 6.54 Å². The number of carbonyl (C=O) groups excluding carboxylic acids is 1. The van der Waals surface area contributed by atoms with Gasteiger partial charge in [0.2, 0.25) is 5.91 Å². The van der Waals surface area contributed by atoms with Crippen molar-refractivity contribution in [2.45, 2.75) is 77.2 Å². The van der Waals surface area contributed by atoms with Crippen molar-refractivity contribution in [2.24, 2.45) is 0 Å². The lowest BCUT2D eigenvalue weighted by molar-refractivity contribution is -0.129. The number of aliphatic hydroxyl groups is 1. The van der Waals surface area contributed by atoms with E-state index in [2.05, 4.69) is 17.6 Å². The van der Waals surface area contributed by atoms with Gasteiger partial charge in [-0.25, -0.2) is 13.6 Å². The van der Waals surface area contributed by atoms with Crippen LogP contribution in [-0.4, -0.2) is 73.6 Å². The van der Waals surface area contributed by atoms with Gasteiger partial charge in [0, 0.05) is 47.5 Å². The van der Waals surface area contributed by atoms with Gasteiger partial charge in [-0.15, -0.1) is 0 Å². The Morgan fingerprint density at radius 1 is 1.05 bits per heavy atom. The zero-order valence-corrected chi connectivity index (χ0v) is 24.6. The molecule has 0 aliphatic carbocycles. The predicted molar refractivity (Wildman–Crippen MR) is 152 cm³/mol. The first-order valence-electron chi connectivity index (χ1n) is 13.3. The first-order valence-corrected chi connectivity index (χ1v) is 15.0. The third kappa shape index (κ3) is 10.6. The van der Waals surface area contributed by atoms with E-state index in [1.165, 1.54) is 11.8 Å². The summed E-state index contributed by atoms with van der Waals surface area (Å²) in [7, 11) is -1.28. The number of rotatable bonds is 14. The molecule has 0 spiro atoms. The number of nitrogens with one attached hydrogen (secondary N) is 2. The van der Waals surface area contributed by atoms with Crippen LogP contribution in [0.1, 0.15) is 50.8 Å². The molecular formula is C29H41F2N3O5S. The van der Waals surface area contributed by atoms with Gasteiger partial charge >= 0.3 is 6.09 Å². The van der Waals surface area contributed by atoms with Crippen molar-refractivity contribution >= 4 is 22.8 Å². The highest BCUT2D eigenvalue weighted by atomic mass is 32.2. The van der Waals surface area contributed by atoms with Crippen molar-refractivity contribution in [1.82, 2.24) is 15.5 Å². The summed E-state index contributed by atoms with van der Waals surface area (Å²) in [5.41, 5.74) is 1.43. The summed E-state index contributed by atoms with van der Waals surface area (Å²) in [4.78, 5) is 26.7. The Balaban J connectivity index is 2.30. The Labute approximate surface area is 237 Å². The van der Waals surface area contributed by atoms with E-state index in [1.807, 2.05) is 24.3 Å². The Kier molecular flexibility index (Phi) is 12.7. The quantitative estimate of drug-likeness (QED) is 0.271. The number of aryl methyl sites for hydroxylation is 1. The first-order chi connectivity index (χ1) is 18.7. The molecule has 2 aromatic carbocycles. The van der Waals surface area contributed by atoms with Gasteiger partial charge in [-0.3, -0.25) is 13.9 Å². The Morgan fingerprint density at radius 3 is 2.23 bits per heavy atom. The van der Waals surface area contributed by atoms with Gasteiger partial charge in [-0.1, -0.05) is 31.2 Å². The molecule has 8 nitrogen and oxygen atoms in total. The fourth-order valence-corrected chi connectivity index (χ4v) is 5.11. The molecule has 2 rings (SSSR count). The van der Waals surface area contributed by atoms with Gasteiger partial charge in [0.1, 0.15) is 17.7 Å². The lowest BCUT2D eigenvalue weighted by atomic mass is 9.98. The Morgan fingerprint density at radius 2 is 1.68 bits per heavy atom. The average Bonchev–Trinajstić information content (AvgIpc) is 2.84. The van der Waals surface area contributed by atoms with E-state index in [1.54, 1.807) is 20.8 Å². The van der Waals surface area contributed by atoms with Crippen LogP contribution in [0, 0.1) is 11.6 Å². The molecule has 222 valence electrons. The molecule has 4 atom stereocenters. The summed E-state index contributed by atoms with van der Waals surface area (Å²) in [6.45, 7) is 7.47. The van der Waals surface area contributed by atoms with E-state index < -0.39 is 58.2 Å². The number of halogens is 2. The van der Waals surface area contributed by atoms with Crippen molar-refractivity contribution in [2.75, 3.05) is 18.6 Å². The third-order valence-corrected chi connectivity index (χ3v) is 7.28. The van der Waals surface area contributed by atoms with Gasteiger partial charge in [-0.2, -0.15) is 0 Å². The van der Waals surface area contributed by atoms with E-state index in [0.717, 1.165) is 35.1 Å². The maximum absolute atomic E-state index is 13.9. The van der Waals surface area contributed by atoms with Crippen molar-refractivity contribution < 1.29 is 32.8 Å². The minimum absolute atomic E-state index is 0.0120. The lowest BCUT2D eigenvalue weighted by Crippen LogP contribution is -2.60. The number of amides is 2. The average molecular weight is 582 g/mol. The lowest BCUT2D eigenvalue weighted by Gasteiger charge is -2.39. The predicted octanol–water partition coefficient (Wildman–Crippen LogP) is 3.62. The molecule has 0 saturated carbocycles. The van der Waals surface area contributed by atoms with Gasteiger partial charge < -0.3 is 20.8 Å². The Bertz CT molecular complexity index is 1150. The number of hydrogen-bond donors (Lipinski definition) is 4. The molecule has 1 unspecified atom stereocenters. The number of nitrogens with zero attached hydrogens (tertiary/aromatic N) is 1. The molecule has 2 aromatic rings. The highest BCUT2D eigenvalue weighted by Crippen LogP contribution is 2.21. The minimum Gasteiger partial charge on any atom is -0.465 e. The van der Waals surface area contributed by atoms with Crippen LogP contribution in [0.2, 0.25) is 0 Å². The van der Waals surface area contributed by atoms with Crippen LogP contribution in [0.3, 0.4) is 0 Å². The number of aliphatic hydroxyl groups excluding tert-OH is 1. The highest BCUT2D eigenvalue weighted by molar-refractivity contribution is 7.84. The second-order valence-electron chi connectivity index (χ2n) is 10.9. The first kappa shape index (κ1) is 33.3. The normalized spacial score (nSPS) is 14.7. The maximum atomic E-state index is 13.9. The van der Waals surface area contributed by atoms with Crippen LogP contribution in [-0.2, 0) is 35.0 Å². The fourth-order valence-electron chi connectivity index (χ4n) is 4.55. The van der Waals surface area contributed by atoms with Crippen LogP contribution in [0.25, 0.3) is 0 Å². The molecule has 0 bridgehead atoms. The zero-order chi connectivity index (χ0) is 30.0. The summed E-state index contributed by atoms with van der Waals surface area (Å²) in [6.07, 6.45) is -0.285. The molecule has 40 heavy (non-hydrogen) atoms. The van der Waals surface area contributed by atoms with Crippen LogP contribution in [0.5, 0.6) is 0 Å². The molecule has 0 aromatic heterocycles. The second-order valence-corrected chi connectivity index (χ2v) is 12.4. The van der Waals surface area contributed by atoms with Crippen molar-refractivity contribution in [1.29, 1.82) is 0 Å². The summed E-state index contributed by atoms with van der Waals surface area (Å²) < 4.78 is 39.7. The largest absolute Gasteiger partial charge is 0.465 e. The molecule has 4 N–H and O–H groups in total. The molecule has 0 fully saturated rings. The van der Waals surface area contributed by atoms with Crippen LogP contribution in [0.15, 0.2) is 42.5 Å². The summed E-state index contributed by atoms with van der Waals surface area (Å²) in [6, 6.07) is 8.72. The molecule has 11 heteroatoms. The van der Waals surface area contributed by atoms with Crippen LogP contribution < -0.4 is 10.6 Å². The SMILES string of the molecule is CCc1cccc(CNC[C@@H](O)[C@H](Cc2cc(F)cc(F)c2)NC(=O)[C@@H](CCS(C)=O)N(C(=O)O)C(C)(C)C)c1. The molecular weight excluding hydrogens is 540 g/mol. The summed E-state index contributed by atoms with van der Waals surface area (Å²) >= 11 is 0. The molecule has 0 aliphatic heterocycles. The molecule has 0 aliphatic rings. The van der Waals surface area contributed by atoms with E-state index >= 15 is 0 Å². The summed E-state index contributed by atoms with van der Waals surface area (Å²) in [5.74, 6) is -2.20. The van der Waals surface area contributed by atoms with Crippen LogP contribution >= 0.6 is 0 Å². The van der Waals surface area contributed by atoms with Gasteiger partial charge in [0.15, 0.2) is 0 Å². The second kappa shape index (κ2) is 15.2. The van der Waals surface area contributed by atoms with Gasteiger partial charge in [0.25, 0.3) is 0 Å². The zero-order valence-electron chi connectivity index (χ0n) is 23.7. The number of benzene rings is 2. The van der Waals surface area contributed by atoms with Crippen molar-refractivity contribution in [3.63, 3.8) is 0 Å². The number of carboxylic acid groups (broad SMARTS) is 1. The third-order valence-electron chi connectivity index (χ3n) is 6.47. The van der Waals surface area contributed by atoms with Gasteiger partial charge in [0.05, 0.1) is 12.1 Å². The molecule has 2 amide bonds. The van der Waals surface area contributed by atoms with Crippen LogP contribution in [0.4, 0.5) is 13.6 Å². The molecule has 0 radical (unpaired) electrons. The van der Waals surface area contributed by atoms with E-state index in [4.69, 9.17) is 0 Å². The maximum Gasteiger partial charge on any atom is 0.408 e. The smallest absolute Gasteiger partial charge is 0.408 e. The molecule has 0 saturated heterocycles.